The monoisotopic (exact) mass is 564 g/mol. The number of rotatable bonds is 0. The van der Waals surface area contributed by atoms with Crippen LogP contribution < -0.4 is 0 Å². The summed E-state index contributed by atoms with van der Waals surface area (Å²) in [5, 5.41) is 0. The average Bonchev–Trinajstić information content (AvgIpc) is 0. The van der Waals surface area contributed by atoms with E-state index in [1.807, 2.05) is 0 Å². The largest absolute Gasteiger partial charge is 0 e. The molecule has 0 rings (SSSR count). The minimum absolute atomic E-state index is 0. The van der Waals surface area contributed by atoms with E-state index in [-0.39, 0.29) is 90.7 Å². The van der Waals surface area contributed by atoms with Gasteiger partial charge < -0.3 is 0 Å². The summed E-state index contributed by atoms with van der Waals surface area (Å²) in [6, 6.07) is 0. The Balaban J connectivity index is 0. The topological polar surface area (TPSA) is 0 Å². The maximum absolute atomic E-state index is 0. The van der Waals surface area contributed by atoms with Crippen LogP contribution in [0.4, 0.5) is 0 Å². The van der Waals surface area contributed by atoms with Crippen molar-refractivity contribution < 1.29 is 90.7 Å². The van der Waals surface area contributed by atoms with Gasteiger partial charge in [0.05, 0.1) is 0 Å². The normalized spacial score (nSPS) is 0. The minimum atomic E-state index is 0. The van der Waals surface area contributed by atoms with Crippen LogP contribution in [-0.4, -0.2) is 0 Å². The molecular weight excluding hydrogens is 563 g/mol. The van der Waals surface area contributed by atoms with Crippen molar-refractivity contribution >= 4 is 0 Å². The van der Waals surface area contributed by atoms with E-state index in [1.165, 1.54) is 0 Å². The van der Waals surface area contributed by atoms with Gasteiger partial charge in [0.1, 0.15) is 0 Å². The van der Waals surface area contributed by atoms with Crippen molar-refractivity contribution in [2.24, 2.45) is 0 Å². The Kier molecular flexibility index (Phi) is 117. The minimum Gasteiger partial charge on any atom is 0 e. The molecule has 0 bridgehead atoms. The molecule has 1 radical (unpaired) electrons. The molecule has 0 saturated heterocycles. The van der Waals surface area contributed by atoms with Gasteiger partial charge in [0, 0.05) is 90.7 Å². The van der Waals surface area contributed by atoms with Gasteiger partial charge in [0.2, 0.25) is 0 Å². The molecule has 0 saturated carbocycles. The zero-order valence-corrected chi connectivity index (χ0v) is 11.6. The molecule has 0 heterocycles. The zero-order chi connectivity index (χ0) is 0. The van der Waals surface area contributed by atoms with Crippen molar-refractivity contribution in [3.63, 3.8) is 0 Å². The maximum Gasteiger partial charge on any atom is 0 e. The predicted molar refractivity (Wildman–Crippen MR) is 0 cm³/mol. The molecular formula is MoPtTaZr. The Bertz CT molecular complexity index is 8.00. The van der Waals surface area contributed by atoms with E-state index in [2.05, 4.69) is 0 Å². The molecule has 0 aromatic carbocycles. The molecule has 25 valence electrons. The first-order valence-corrected chi connectivity index (χ1v) is 0. The molecule has 0 amide bonds. The second kappa shape index (κ2) is 16.7. The van der Waals surface area contributed by atoms with Gasteiger partial charge in [-0.3, -0.25) is 0 Å². The summed E-state index contributed by atoms with van der Waals surface area (Å²) in [6.45, 7) is 0. The summed E-state index contributed by atoms with van der Waals surface area (Å²) in [5.41, 5.74) is 0. The summed E-state index contributed by atoms with van der Waals surface area (Å²) in [4.78, 5) is 0. The molecule has 0 atom stereocenters. The van der Waals surface area contributed by atoms with Gasteiger partial charge in [-0.25, -0.2) is 0 Å². The molecule has 0 aromatic rings. The number of hydrogen-bond donors (Lipinski definition) is 0. The molecule has 0 aliphatic heterocycles. The summed E-state index contributed by atoms with van der Waals surface area (Å²) in [7, 11) is 0. The Morgan fingerprint density at radius 1 is 1.00 bits per heavy atom. The standard InChI is InChI=1S/Mo.Pt.Ta.Zr. The van der Waals surface area contributed by atoms with Gasteiger partial charge >= 0.3 is 0 Å². The molecule has 0 N–H and O–H groups in total. The van der Waals surface area contributed by atoms with Crippen LogP contribution in [0, 0.1) is 0 Å². The van der Waals surface area contributed by atoms with Crippen LogP contribution in [0.25, 0.3) is 0 Å². The third kappa shape index (κ3) is 8.89. The average molecular weight is 563 g/mol. The predicted octanol–water partition coefficient (Wildman–Crippen LogP) is -0.0100. The molecule has 0 aliphatic carbocycles. The first-order valence-electron chi connectivity index (χ1n) is 0. The molecule has 0 aliphatic rings. The van der Waals surface area contributed by atoms with Crippen molar-refractivity contribution in [1.29, 1.82) is 0 Å². The Morgan fingerprint density at radius 3 is 1.00 bits per heavy atom. The number of hydrogen-bond acceptors (Lipinski definition) is 0. The van der Waals surface area contributed by atoms with Gasteiger partial charge in [-0.05, 0) is 0 Å². The molecule has 4 heavy (non-hydrogen) atoms. The van der Waals surface area contributed by atoms with Gasteiger partial charge in [0.25, 0.3) is 0 Å². The second-order valence-corrected chi connectivity index (χ2v) is 0. The SMILES string of the molecule is [Mo].[Pt].[Ta].[Zr]. The van der Waals surface area contributed by atoms with E-state index < -0.39 is 0 Å². The summed E-state index contributed by atoms with van der Waals surface area (Å²) >= 11 is 0. The molecule has 0 aromatic heterocycles. The van der Waals surface area contributed by atoms with Crippen LogP contribution in [0.3, 0.4) is 0 Å². The van der Waals surface area contributed by atoms with Crippen LogP contribution in [0.15, 0.2) is 0 Å². The molecule has 0 fully saturated rings. The Morgan fingerprint density at radius 2 is 1.00 bits per heavy atom. The molecule has 0 nitrogen and oxygen atoms in total. The Labute approximate surface area is 89.0 Å². The van der Waals surface area contributed by atoms with E-state index >= 15 is 0 Å². The third-order valence-electron chi connectivity index (χ3n) is 0. The van der Waals surface area contributed by atoms with E-state index in [0.29, 0.717) is 0 Å². The van der Waals surface area contributed by atoms with Crippen molar-refractivity contribution in [1.82, 2.24) is 0 Å². The van der Waals surface area contributed by atoms with E-state index in [4.69, 9.17) is 0 Å². The van der Waals surface area contributed by atoms with Gasteiger partial charge in [-0.1, -0.05) is 0 Å². The maximum atomic E-state index is 0. The van der Waals surface area contributed by atoms with E-state index in [0.717, 1.165) is 0 Å². The van der Waals surface area contributed by atoms with Crippen LogP contribution in [0.2, 0.25) is 0 Å². The second-order valence-electron chi connectivity index (χ2n) is 0. The van der Waals surface area contributed by atoms with Crippen molar-refractivity contribution in [2.75, 3.05) is 0 Å². The summed E-state index contributed by atoms with van der Waals surface area (Å²) < 4.78 is 0. The quantitative estimate of drug-likeness (QED) is 0.365. The van der Waals surface area contributed by atoms with Gasteiger partial charge in [-0.2, -0.15) is 0 Å². The van der Waals surface area contributed by atoms with Crippen LogP contribution in [-0.2, 0) is 90.7 Å². The van der Waals surface area contributed by atoms with Crippen molar-refractivity contribution in [3.8, 4) is 0 Å². The van der Waals surface area contributed by atoms with Crippen LogP contribution in [0.1, 0.15) is 0 Å². The third-order valence-corrected chi connectivity index (χ3v) is 0. The zero-order valence-electron chi connectivity index (χ0n) is 1.67. The van der Waals surface area contributed by atoms with E-state index in [1.54, 1.807) is 0 Å². The fraction of sp³-hybridized carbons (Fsp3) is 0. The molecule has 0 unspecified atom stereocenters. The van der Waals surface area contributed by atoms with Crippen molar-refractivity contribution in [2.45, 2.75) is 0 Å². The fourth-order valence-corrected chi connectivity index (χ4v) is 0. The Hall–Kier alpha value is 3.00. The molecule has 0 spiro atoms. The fourth-order valence-electron chi connectivity index (χ4n) is 0. The summed E-state index contributed by atoms with van der Waals surface area (Å²) in [6.07, 6.45) is 0. The van der Waals surface area contributed by atoms with E-state index in [9.17, 15) is 0 Å². The first-order chi connectivity index (χ1) is 0. The first kappa shape index (κ1) is 28.0. The molecule has 4 heteroatoms. The van der Waals surface area contributed by atoms with Gasteiger partial charge in [0.15, 0.2) is 0 Å². The van der Waals surface area contributed by atoms with Crippen LogP contribution in [0.5, 0.6) is 0 Å². The van der Waals surface area contributed by atoms with Crippen molar-refractivity contribution in [3.05, 3.63) is 0 Å². The smallest absolute Gasteiger partial charge is 0 e. The summed E-state index contributed by atoms with van der Waals surface area (Å²) in [5.74, 6) is 0. The van der Waals surface area contributed by atoms with Crippen LogP contribution >= 0.6 is 0 Å². The van der Waals surface area contributed by atoms with Gasteiger partial charge in [-0.15, -0.1) is 0 Å².